The third-order valence-corrected chi connectivity index (χ3v) is 4.11. The fourth-order valence-corrected chi connectivity index (χ4v) is 2.92. The Bertz CT molecular complexity index is 1240. The van der Waals surface area contributed by atoms with Crippen LogP contribution in [-0.4, -0.2) is 15.2 Å². The summed E-state index contributed by atoms with van der Waals surface area (Å²) in [7, 11) is 0. The molecule has 0 saturated carbocycles. The van der Waals surface area contributed by atoms with Crippen LogP contribution < -0.4 is 10.9 Å². The summed E-state index contributed by atoms with van der Waals surface area (Å²) in [5, 5.41) is 20.4. The second-order valence-corrected chi connectivity index (χ2v) is 5.76. The summed E-state index contributed by atoms with van der Waals surface area (Å²) in [6, 6.07) is 12.5. The molecular weight excluding hydrogens is 334 g/mol. The van der Waals surface area contributed by atoms with Crippen molar-refractivity contribution >= 4 is 11.0 Å². The summed E-state index contributed by atoms with van der Waals surface area (Å²) in [6.07, 6.45) is 2.86. The van der Waals surface area contributed by atoms with Crippen molar-refractivity contribution in [2.75, 3.05) is 0 Å². The average Bonchev–Trinajstić information content (AvgIpc) is 2.63. The lowest BCUT2D eigenvalue weighted by atomic mass is 10.0. The summed E-state index contributed by atoms with van der Waals surface area (Å²) in [5.74, 6) is -0.510. The maximum Gasteiger partial charge on any atom is 0.197 e. The number of phenols is 2. The van der Waals surface area contributed by atoms with Gasteiger partial charge < -0.3 is 19.6 Å². The molecule has 3 N–H and O–H groups in total. The minimum absolute atomic E-state index is 0.0504. The van der Waals surface area contributed by atoms with E-state index in [2.05, 4.69) is 4.98 Å². The molecule has 4 rings (SSSR count). The van der Waals surface area contributed by atoms with Gasteiger partial charge in [-0.1, -0.05) is 30.3 Å². The number of phenolic OH excluding ortho intramolecular Hbond substituents is 2. The predicted octanol–water partition coefficient (Wildman–Crippen LogP) is 3.23. The van der Waals surface area contributed by atoms with E-state index in [0.29, 0.717) is 5.56 Å². The Kier molecular flexibility index (Phi) is 3.58. The monoisotopic (exact) mass is 347 g/mol. The topological polar surface area (TPSA) is 104 Å². The third-order valence-electron chi connectivity index (χ3n) is 4.11. The van der Waals surface area contributed by atoms with Crippen LogP contribution >= 0.6 is 0 Å². The number of H-pyrrole nitrogens is 1. The van der Waals surface area contributed by atoms with Gasteiger partial charge in [0, 0.05) is 36.2 Å². The molecule has 4 aromatic rings. The first kappa shape index (κ1) is 15.7. The van der Waals surface area contributed by atoms with Gasteiger partial charge in [-0.3, -0.25) is 9.59 Å². The van der Waals surface area contributed by atoms with Gasteiger partial charge in [-0.15, -0.1) is 0 Å². The zero-order valence-electron chi connectivity index (χ0n) is 13.4. The van der Waals surface area contributed by atoms with Crippen molar-refractivity contribution < 1.29 is 14.6 Å². The highest BCUT2D eigenvalue weighted by Crippen LogP contribution is 2.39. The molecule has 0 bridgehead atoms. The lowest BCUT2D eigenvalue weighted by molar-refractivity contribution is 0.453. The lowest BCUT2D eigenvalue weighted by Gasteiger charge is -2.11. The Morgan fingerprint density at radius 3 is 2.38 bits per heavy atom. The van der Waals surface area contributed by atoms with Gasteiger partial charge in [-0.25, -0.2) is 0 Å². The molecule has 2 aromatic heterocycles. The minimum atomic E-state index is -0.476. The van der Waals surface area contributed by atoms with Crippen LogP contribution in [0.5, 0.6) is 11.5 Å². The Hall–Kier alpha value is -3.80. The number of aromatic nitrogens is 1. The summed E-state index contributed by atoms with van der Waals surface area (Å²) in [4.78, 5) is 27.6. The van der Waals surface area contributed by atoms with E-state index in [-0.39, 0.29) is 39.0 Å². The van der Waals surface area contributed by atoms with Crippen LogP contribution in [0.2, 0.25) is 0 Å². The zero-order valence-corrected chi connectivity index (χ0v) is 13.4. The van der Waals surface area contributed by atoms with Crippen LogP contribution in [0.4, 0.5) is 0 Å². The first-order valence-corrected chi connectivity index (χ1v) is 7.82. The first-order valence-electron chi connectivity index (χ1n) is 7.82. The van der Waals surface area contributed by atoms with Gasteiger partial charge >= 0.3 is 0 Å². The predicted molar refractivity (Wildman–Crippen MR) is 97.3 cm³/mol. The molecule has 0 atom stereocenters. The van der Waals surface area contributed by atoms with Crippen LogP contribution in [0.3, 0.4) is 0 Å². The van der Waals surface area contributed by atoms with Crippen molar-refractivity contribution in [1.29, 1.82) is 0 Å². The van der Waals surface area contributed by atoms with Crippen molar-refractivity contribution in [3.8, 4) is 33.9 Å². The van der Waals surface area contributed by atoms with E-state index >= 15 is 0 Å². The molecule has 0 fully saturated rings. The molecular formula is C20H13NO5. The molecule has 0 aliphatic carbocycles. The summed E-state index contributed by atoms with van der Waals surface area (Å²) in [5.41, 5.74) is -0.0549. The van der Waals surface area contributed by atoms with Gasteiger partial charge in [0.1, 0.15) is 22.6 Å². The average molecular weight is 347 g/mol. The molecule has 2 aromatic carbocycles. The molecule has 0 amide bonds. The molecule has 0 radical (unpaired) electrons. The molecule has 6 heteroatoms. The largest absolute Gasteiger partial charge is 0.507 e. The van der Waals surface area contributed by atoms with E-state index in [4.69, 9.17) is 4.42 Å². The van der Waals surface area contributed by atoms with E-state index in [1.807, 2.05) is 6.07 Å². The molecule has 0 unspecified atom stereocenters. The maximum absolute atomic E-state index is 12.6. The number of aromatic hydroxyl groups is 2. The Balaban J connectivity index is 2.16. The Labute approximate surface area is 146 Å². The molecule has 26 heavy (non-hydrogen) atoms. The van der Waals surface area contributed by atoms with E-state index in [9.17, 15) is 19.8 Å². The highest BCUT2D eigenvalue weighted by Gasteiger charge is 2.21. The number of benzene rings is 2. The van der Waals surface area contributed by atoms with Gasteiger partial charge in [0.05, 0.1) is 11.1 Å². The van der Waals surface area contributed by atoms with E-state index in [1.54, 1.807) is 24.3 Å². The van der Waals surface area contributed by atoms with E-state index < -0.39 is 11.2 Å². The second kappa shape index (κ2) is 5.93. The quantitative estimate of drug-likeness (QED) is 0.516. The van der Waals surface area contributed by atoms with Crippen molar-refractivity contribution in [1.82, 2.24) is 4.98 Å². The summed E-state index contributed by atoms with van der Waals surface area (Å²) in [6.45, 7) is 0. The number of fused-ring (bicyclic) bond motifs is 1. The van der Waals surface area contributed by atoms with Crippen LogP contribution in [0.15, 0.2) is 74.9 Å². The normalized spacial score (nSPS) is 10.9. The van der Waals surface area contributed by atoms with E-state index in [1.165, 1.54) is 24.5 Å². The number of hydrogen-bond donors (Lipinski definition) is 3. The van der Waals surface area contributed by atoms with Crippen LogP contribution in [0.25, 0.3) is 33.4 Å². The van der Waals surface area contributed by atoms with Gasteiger partial charge in [0.25, 0.3) is 0 Å². The van der Waals surface area contributed by atoms with Crippen molar-refractivity contribution in [3.05, 3.63) is 81.4 Å². The van der Waals surface area contributed by atoms with Crippen molar-refractivity contribution in [3.63, 3.8) is 0 Å². The van der Waals surface area contributed by atoms with Crippen LogP contribution in [-0.2, 0) is 0 Å². The molecule has 128 valence electrons. The highest BCUT2D eigenvalue weighted by molar-refractivity contribution is 5.99. The lowest BCUT2D eigenvalue weighted by Crippen LogP contribution is -2.06. The minimum Gasteiger partial charge on any atom is -0.507 e. The van der Waals surface area contributed by atoms with Crippen molar-refractivity contribution in [2.24, 2.45) is 0 Å². The van der Waals surface area contributed by atoms with E-state index in [0.717, 1.165) is 6.07 Å². The number of nitrogens with one attached hydrogen (secondary N) is 1. The number of pyridine rings is 1. The first-order chi connectivity index (χ1) is 12.6. The fraction of sp³-hybridized carbons (Fsp3) is 0. The van der Waals surface area contributed by atoms with Crippen LogP contribution in [0, 0.1) is 0 Å². The molecule has 2 heterocycles. The SMILES string of the molecule is O=c1cc[nH]cc1-c1c(O)cc(O)c2c(=O)cc(-c3ccccc3)oc12. The van der Waals surface area contributed by atoms with Gasteiger partial charge in [0.15, 0.2) is 16.4 Å². The van der Waals surface area contributed by atoms with Gasteiger partial charge in [0.2, 0.25) is 0 Å². The molecule has 0 spiro atoms. The second-order valence-electron chi connectivity index (χ2n) is 5.76. The Morgan fingerprint density at radius 2 is 1.65 bits per heavy atom. The standard InChI is InChI=1S/C20H13NO5/c22-13-6-7-21-10-12(13)18-14(23)8-15(24)19-16(25)9-17(26-20(18)19)11-4-2-1-3-5-11/h1-10,23-24H,(H,21,22). The molecule has 0 aliphatic rings. The molecule has 0 aliphatic heterocycles. The summed E-state index contributed by atoms with van der Waals surface area (Å²) >= 11 is 0. The fourth-order valence-electron chi connectivity index (χ4n) is 2.92. The number of rotatable bonds is 2. The van der Waals surface area contributed by atoms with Gasteiger partial charge in [-0.2, -0.15) is 0 Å². The highest BCUT2D eigenvalue weighted by atomic mass is 16.3. The Morgan fingerprint density at radius 1 is 0.885 bits per heavy atom. The number of hydrogen-bond acceptors (Lipinski definition) is 5. The molecule has 6 nitrogen and oxygen atoms in total. The smallest absolute Gasteiger partial charge is 0.197 e. The number of aromatic amines is 1. The zero-order chi connectivity index (χ0) is 18.3. The van der Waals surface area contributed by atoms with Gasteiger partial charge in [-0.05, 0) is 0 Å². The van der Waals surface area contributed by atoms with Crippen LogP contribution in [0.1, 0.15) is 0 Å². The summed E-state index contributed by atoms with van der Waals surface area (Å²) < 4.78 is 5.86. The molecule has 0 saturated heterocycles. The maximum atomic E-state index is 12.6. The van der Waals surface area contributed by atoms with Crippen molar-refractivity contribution in [2.45, 2.75) is 0 Å². The third kappa shape index (κ3) is 2.44.